The zero-order chi connectivity index (χ0) is 7.56. The van der Waals surface area contributed by atoms with Gasteiger partial charge in [-0.1, -0.05) is 0 Å². The highest BCUT2D eigenvalue weighted by molar-refractivity contribution is 5.90. The highest BCUT2D eigenvalue weighted by Crippen LogP contribution is 1.75. The van der Waals surface area contributed by atoms with E-state index in [4.69, 9.17) is 11.1 Å². The molecule has 4 N–H and O–H groups in total. The maximum absolute atomic E-state index is 10.4. The van der Waals surface area contributed by atoms with Gasteiger partial charge in [0.2, 0.25) is 0 Å². The molecule has 0 amide bonds. The maximum atomic E-state index is 10.4. The standard InChI is InChI=1S/C4H5N5O/c5-2(6)3-7-1-8-4(10)9-3/h1H,(H3,5,6)(H,7,8,9,10). The molecule has 1 aromatic rings. The quantitative estimate of drug-likeness (QED) is 0.323. The predicted molar refractivity (Wildman–Crippen MR) is 33.7 cm³/mol. The van der Waals surface area contributed by atoms with Crippen LogP contribution in [0.25, 0.3) is 0 Å². The summed E-state index contributed by atoms with van der Waals surface area (Å²) in [6.45, 7) is 0. The van der Waals surface area contributed by atoms with Gasteiger partial charge in [0.05, 0.1) is 0 Å². The van der Waals surface area contributed by atoms with Crippen LogP contribution in [0, 0.1) is 5.41 Å². The number of aromatic amines is 1. The van der Waals surface area contributed by atoms with Gasteiger partial charge < -0.3 is 5.73 Å². The number of aromatic nitrogens is 3. The van der Waals surface area contributed by atoms with Crippen molar-refractivity contribution in [1.82, 2.24) is 15.0 Å². The Morgan fingerprint density at radius 3 is 2.80 bits per heavy atom. The normalized spacial score (nSPS) is 9.20. The summed E-state index contributed by atoms with van der Waals surface area (Å²) in [7, 11) is 0. The topological polar surface area (TPSA) is 109 Å². The molecule has 52 valence electrons. The molecule has 0 aromatic carbocycles. The van der Waals surface area contributed by atoms with E-state index in [1.807, 2.05) is 0 Å². The number of nitrogens with zero attached hydrogens (tertiary/aromatic N) is 2. The molecular formula is C4H5N5O. The molecule has 1 rings (SSSR count). The molecule has 0 aliphatic heterocycles. The lowest BCUT2D eigenvalue weighted by Crippen LogP contribution is -2.22. The minimum absolute atomic E-state index is 0.0417. The Hall–Kier alpha value is -1.72. The van der Waals surface area contributed by atoms with Crippen molar-refractivity contribution in [3.63, 3.8) is 0 Å². The SMILES string of the molecule is N=C(N)c1ncnc(=O)[nH]1. The molecule has 0 spiro atoms. The van der Waals surface area contributed by atoms with Gasteiger partial charge in [-0.15, -0.1) is 0 Å². The molecule has 1 aromatic heterocycles. The van der Waals surface area contributed by atoms with Crippen LogP contribution < -0.4 is 11.4 Å². The second-order valence-corrected chi connectivity index (χ2v) is 1.57. The molecule has 0 bridgehead atoms. The lowest BCUT2D eigenvalue weighted by atomic mass is 10.6. The van der Waals surface area contributed by atoms with Crippen LogP contribution in [-0.2, 0) is 0 Å². The number of amidine groups is 1. The van der Waals surface area contributed by atoms with Gasteiger partial charge in [0.25, 0.3) is 0 Å². The molecule has 0 radical (unpaired) electrons. The third-order valence-corrected chi connectivity index (χ3v) is 0.842. The van der Waals surface area contributed by atoms with Gasteiger partial charge in [0.1, 0.15) is 6.33 Å². The summed E-state index contributed by atoms with van der Waals surface area (Å²) in [6.07, 6.45) is 1.05. The molecular weight excluding hydrogens is 134 g/mol. The molecule has 0 unspecified atom stereocenters. The lowest BCUT2D eigenvalue weighted by molar-refractivity contribution is 0.962. The Morgan fingerprint density at radius 2 is 2.40 bits per heavy atom. The van der Waals surface area contributed by atoms with Crippen molar-refractivity contribution in [2.75, 3.05) is 0 Å². The second-order valence-electron chi connectivity index (χ2n) is 1.57. The van der Waals surface area contributed by atoms with Crippen LogP contribution in [0.3, 0.4) is 0 Å². The highest BCUT2D eigenvalue weighted by Gasteiger charge is 1.95. The summed E-state index contributed by atoms with van der Waals surface area (Å²) >= 11 is 0. The molecule has 0 atom stereocenters. The second kappa shape index (κ2) is 2.26. The first-order valence-corrected chi connectivity index (χ1v) is 2.46. The molecule has 0 aliphatic rings. The average Bonchev–Trinajstić information content (AvgIpc) is 1.88. The van der Waals surface area contributed by atoms with E-state index < -0.39 is 5.69 Å². The molecule has 0 fully saturated rings. The fourth-order valence-electron chi connectivity index (χ4n) is 0.442. The molecule has 10 heavy (non-hydrogen) atoms. The predicted octanol–water partition coefficient (Wildman–Crippen LogP) is -1.55. The van der Waals surface area contributed by atoms with E-state index in [0.29, 0.717) is 0 Å². The zero-order valence-electron chi connectivity index (χ0n) is 4.96. The van der Waals surface area contributed by atoms with Gasteiger partial charge in [-0.05, 0) is 0 Å². The van der Waals surface area contributed by atoms with Gasteiger partial charge in [-0.3, -0.25) is 10.4 Å². The van der Waals surface area contributed by atoms with E-state index in [0.717, 1.165) is 6.33 Å². The Bertz CT molecular complexity index is 303. The van der Waals surface area contributed by atoms with Crippen molar-refractivity contribution in [3.05, 3.63) is 22.6 Å². The van der Waals surface area contributed by atoms with Crippen molar-refractivity contribution >= 4 is 5.84 Å². The highest BCUT2D eigenvalue weighted by atomic mass is 16.1. The van der Waals surface area contributed by atoms with Crippen molar-refractivity contribution in [1.29, 1.82) is 5.41 Å². The maximum Gasteiger partial charge on any atom is 0.348 e. The fraction of sp³-hybridized carbons (Fsp3) is 0. The van der Waals surface area contributed by atoms with Crippen molar-refractivity contribution in [2.24, 2.45) is 5.73 Å². The Morgan fingerprint density at radius 1 is 1.70 bits per heavy atom. The van der Waals surface area contributed by atoms with Gasteiger partial charge in [0.15, 0.2) is 11.7 Å². The van der Waals surface area contributed by atoms with Crippen molar-refractivity contribution in [2.45, 2.75) is 0 Å². The lowest BCUT2D eigenvalue weighted by Gasteiger charge is -1.91. The fourth-order valence-corrected chi connectivity index (χ4v) is 0.442. The summed E-state index contributed by atoms with van der Waals surface area (Å²) in [4.78, 5) is 19.4. The van der Waals surface area contributed by atoms with Crippen LogP contribution in [-0.4, -0.2) is 20.8 Å². The number of nitrogens with one attached hydrogen (secondary N) is 2. The smallest absolute Gasteiger partial charge is 0.348 e. The first-order valence-electron chi connectivity index (χ1n) is 2.46. The number of nitrogens with two attached hydrogens (primary N) is 1. The van der Waals surface area contributed by atoms with E-state index in [9.17, 15) is 4.79 Å². The van der Waals surface area contributed by atoms with Crippen LogP contribution in [0.15, 0.2) is 11.1 Å². The van der Waals surface area contributed by atoms with Crippen LogP contribution in [0.5, 0.6) is 0 Å². The van der Waals surface area contributed by atoms with Crippen LogP contribution in [0.1, 0.15) is 5.82 Å². The molecule has 0 saturated heterocycles. The van der Waals surface area contributed by atoms with Crippen LogP contribution in [0.4, 0.5) is 0 Å². The third kappa shape index (κ3) is 1.16. The number of nitrogen functional groups attached to an aromatic ring is 1. The Balaban J connectivity index is 3.20. The van der Waals surface area contributed by atoms with E-state index in [1.165, 1.54) is 0 Å². The van der Waals surface area contributed by atoms with E-state index in [1.54, 1.807) is 0 Å². The number of rotatable bonds is 1. The Labute approximate surface area is 55.6 Å². The minimum atomic E-state index is -0.555. The number of hydrogen-bond acceptors (Lipinski definition) is 4. The summed E-state index contributed by atoms with van der Waals surface area (Å²) in [5.74, 6) is -0.237. The monoisotopic (exact) mass is 139 g/mol. The summed E-state index contributed by atoms with van der Waals surface area (Å²) < 4.78 is 0. The summed E-state index contributed by atoms with van der Waals surface area (Å²) in [6, 6.07) is 0. The van der Waals surface area contributed by atoms with Crippen LogP contribution in [0.2, 0.25) is 0 Å². The van der Waals surface area contributed by atoms with Gasteiger partial charge in [0, 0.05) is 0 Å². The number of hydrogen-bond donors (Lipinski definition) is 3. The molecule has 0 aliphatic carbocycles. The third-order valence-electron chi connectivity index (χ3n) is 0.842. The zero-order valence-corrected chi connectivity index (χ0v) is 4.96. The van der Waals surface area contributed by atoms with Crippen LogP contribution >= 0.6 is 0 Å². The average molecular weight is 139 g/mol. The van der Waals surface area contributed by atoms with E-state index >= 15 is 0 Å². The summed E-state index contributed by atoms with van der Waals surface area (Å²) in [5, 5.41) is 6.85. The minimum Gasteiger partial charge on any atom is -0.381 e. The van der Waals surface area contributed by atoms with Gasteiger partial charge in [-0.25, -0.2) is 9.78 Å². The molecule has 1 heterocycles. The first kappa shape index (κ1) is 6.40. The van der Waals surface area contributed by atoms with Crippen molar-refractivity contribution in [3.8, 4) is 0 Å². The largest absolute Gasteiger partial charge is 0.381 e. The molecule has 6 heteroatoms. The van der Waals surface area contributed by atoms with Gasteiger partial charge >= 0.3 is 5.69 Å². The molecule has 0 saturated carbocycles. The number of H-pyrrole nitrogens is 1. The van der Waals surface area contributed by atoms with Crippen molar-refractivity contribution < 1.29 is 0 Å². The first-order chi connectivity index (χ1) is 4.70. The van der Waals surface area contributed by atoms with E-state index in [2.05, 4.69) is 15.0 Å². The molecule has 6 nitrogen and oxygen atoms in total. The summed E-state index contributed by atoms with van der Waals surface area (Å²) in [5.41, 5.74) is 4.45. The Kier molecular flexibility index (Phi) is 1.44. The van der Waals surface area contributed by atoms with E-state index in [-0.39, 0.29) is 11.7 Å². The van der Waals surface area contributed by atoms with Gasteiger partial charge in [-0.2, -0.15) is 4.98 Å².